The van der Waals surface area contributed by atoms with Crippen molar-refractivity contribution in [2.24, 2.45) is 0 Å². The zero-order chi connectivity index (χ0) is 20.5. The van der Waals surface area contributed by atoms with Gasteiger partial charge in [0, 0.05) is 22.0 Å². The van der Waals surface area contributed by atoms with E-state index < -0.39 is 23.8 Å². The second-order valence-electron chi connectivity index (χ2n) is 7.05. The Kier molecular flexibility index (Phi) is 5.20. The minimum absolute atomic E-state index is 0.0346. The smallest absolute Gasteiger partial charge is 0.339 e. The number of rotatable bonds is 5. The minimum atomic E-state index is -1.12. The molecule has 0 spiro atoms. The fourth-order valence-electron chi connectivity index (χ4n) is 3.06. The van der Waals surface area contributed by atoms with Gasteiger partial charge in [-0.3, -0.25) is 9.78 Å². The van der Waals surface area contributed by atoms with Gasteiger partial charge in [-0.05, 0) is 50.1 Å². The Morgan fingerprint density at radius 1 is 1.21 bits per heavy atom. The fraction of sp³-hybridized carbons (Fsp3) is 0.227. The summed E-state index contributed by atoms with van der Waals surface area (Å²) in [5.74, 6) is -1.57. The second-order valence-corrected chi connectivity index (χ2v) is 7.48. The topological polar surface area (TPSA) is 68.3 Å². The lowest BCUT2D eigenvalue weighted by Gasteiger charge is -2.15. The summed E-state index contributed by atoms with van der Waals surface area (Å²) in [6, 6.07) is 13.0. The summed E-state index contributed by atoms with van der Waals surface area (Å²) in [5.41, 5.74) is 1.91. The highest BCUT2D eigenvalue weighted by Crippen LogP contribution is 2.40. The molecule has 3 aromatic rings. The van der Waals surface area contributed by atoms with E-state index in [0.717, 1.165) is 24.6 Å². The lowest BCUT2D eigenvalue weighted by molar-refractivity contribution is -0.123. The number of nitrogens with zero attached hydrogens (tertiary/aromatic N) is 1. The average molecular weight is 413 g/mol. The van der Waals surface area contributed by atoms with Gasteiger partial charge in [-0.1, -0.05) is 29.8 Å². The third-order valence-electron chi connectivity index (χ3n) is 4.79. The molecule has 2 aromatic carbocycles. The summed E-state index contributed by atoms with van der Waals surface area (Å²) in [6.07, 6.45) is 0.977. The number of benzene rings is 2. The second kappa shape index (κ2) is 7.79. The van der Waals surface area contributed by atoms with Gasteiger partial charge in [-0.15, -0.1) is 0 Å². The highest BCUT2D eigenvalue weighted by atomic mass is 35.5. The van der Waals surface area contributed by atoms with Crippen molar-refractivity contribution >= 4 is 40.1 Å². The highest BCUT2D eigenvalue weighted by molar-refractivity contribution is 6.30. The molecule has 1 amide bonds. The first-order valence-electron chi connectivity index (χ1n) is 9.29. The van der Waals surface area contributed by atoms with Crippen molar-refractivity contribution in [3.05, 3.63) is 70.6 Å². The van der Waals surface area contributed by atoms with Gasteiger partial charge in [0.05, 0.1) is 16.8 Å². The van der Waals surface area contributed by atoms with Gasteiger partial charge in [0.1, 0.15) is 5.82 Å². The van der Waals surface area contributed by atoms with Crippen LogP contribution in [0.15, 0.2) is 48.5 Å². The summed E-state index contributed by atoms with van der Waals surface area (Å²) in [5, 5.41) is 3.29. The standard InChI is InChI=1S/C22H18ClFN2O3/c1-12(21(27)26-19-9-8-14(23)10-17(19)24)29-22(28)16-11-20(13-6-7-13)25-18-5-3-2-4-15(16)18/h2-5,8-13H,6-7H2,1H3,(H,26,27)/t12-/m0/s1. The Morgan fingerprint density at radius 3 is 2.69 bits per heavy atom. The molecule has 0 bridgehead atoms. The van der Waals surface area contributed by atoms with Crippen LogP contribution in [-0.2, 0) is 9.53 Å². The summed E-state index contributed by atoms with van der Waals surface area (Å²) in [4.78, 5) is 29.8. The molecular formula is C22H18ClFN2O3. The number of esters is 1. The lowest BCUT2D eigenvalue weighted by Crippen LogP contribution is -2.30. The van der Waals surface area contributed by atoms with Gasteiger partial charge in [-0.25, -0.2) is 9.18 Å². The molecule has 1 N–H and O–H groups in total. The number of nitrogens with one attached hydrogen (secondary N) is 1. The molecule has 1 heterocycles. The van der Waals surface area contributed by atoms with Gasteiger partial charge in [0.15, 0.2) is 6.10 Å². The van der Waals surface area contributed by atoms with Crippen molar-refractivity contribution in [3.8, 4) is 0 Å². The minimum Gasteiger partial charge on any atom is -0.449 e. The Hall–Kier alpha value is -2.99. The normalized spacial score (nSPS) is 14.4. The van der Waals surface area contributed by atoms with Crippen molar-refractivity contribution in [3.63, 3.8) is 0 Å². The van der Waals surface area contributed by atoms with E-state index >= 15 is 0 Å². The van der Waals surface area contributed by atoms with E-state index in [2.05, 4.69) is 10.3 Å². The number of amides is 1. The maximum absolute atomic E-state index is 13.9. The first kappa shape index (κ1) is 19.3. The number of pyridine rings is 1. The monoisotopic (exact) mass is 412 g/mol. The molecular weight excluding hydrogens is 395 g/mol. The quantitative estimate of drug-likeness (QED) is 0.593. The SMILES string of the molecule is C[C@H](OC(=O)c1cc(C2CC2)nc2ccccc12)C(=O)Nc1ccc(Cl)cc1F. The Balaban J connectivity index is 1.53. The largest absolute Gasteiger partial charge is 0.449 e. The third-order valence-corrected chi connectivity index (χ3v) is 5.03. The molecule has 1 aromatic heterocycles. The van der Waals surface area contributed by atoms with Crippen LogP contribution in [-0.4, -0.2) is 23.0 Å². The molecule has 0 aliphatic heterocycles. The van der Waals surface area contributed by atoms with Crippen LogP contribution in [0.2, 0.25) is 5.02 Å². The van der Waals surface area contributed by atoms with E-state index in [0.29, 0.717) is 22.4 Å². The highest BCUT2D eigenvalue weighted by Gasteiger charge is 2.28. The number of halogens is 2. The van der Waals surface area contributed by atoms with E-state index in [1.54, 1.807) is 12.1 Å². The van der Waals surface area contributed by atoms with Crippen molar-refractivity contribution in [1.82, 2.24) is 4.98 Å². The molecule has 1 aliphatic carbocycles. The average Bonchev–Trinajstić information content (AvgIpc) is 3.54. The van der Waals surface area contributed by atoms with Gasteiger partial charge in [0.2, 0.25) is 0 Å². The van der Waals surface area contributed by atoms with Crippen LogP contribution in [0.1, 0.15) is 41.7 Å². The molecule has 1 atom stereocenters. The van der Waals surface area contributed by atoms with Crippen LogP contribution < -0.4 is 5.32 Å². The Bertz CT molecular complexity index is 1110. The fourth-order valence-corrected chi connectivity index (χ4v) is 3.21. The number of aromatic nitrogens is 1. The summed E-state index contributed by atoms with van der Waals surface area (Å²) >= 11 is 5.71. The van der Waals surface area contributed by atoms with E-state index in [-0.39, 0.29) is 10.7 Å². The molecule has 7 heteroatoms. The van der Waals surface area contributed by atoms with Crippen LogP contribution in [0.5, 0.6) is 0 Å². The number of para-hydroxylation sites is 1. The maximum atomic E-state index is 13.9. The molecule has 0 radical (unpaired) electrons. The zero-order valence-corrected chi connectivity index (χ0v) is 16.4. The number of fused-ring (bicyclic) bond motifs is 1. The summed E-state index contributed by atoms with van der Waals surface area (Å²) in [7, 11) is 0. The Labute approximate surface area is 171 Å². The van der Waals surface area contributed by atoms with Crippen LogP contribution in [0.4, 0.5) is 10.1 Å². The molecule has 148 valence electrons. The molecule has 1 aliphatic rings. The third kappa shape index (κ3) is 4.22. The Morgan fingerprint density at radius 2 is 1.97 bits per heavy atom. The molecule has 1 fully saturated rings. The van der Waals surface area contributed by atoms with Crippen LogP contribution in [0.3, 0.4) is 0 Å². The van der Waals surface area contributed by atoms with Crippen LogP contribution >= 0.6 is 11.6 Å². The van der Waals surface area contributed by atoms with Gasteiger partial charge < -0.3 is 10.1 Å². The molecule has 4 rings (SSSR count). The van der Waals surface area contributed by atoms with Crippen molar-refractivity contribution in [1.29, 1.82) is 0 Å². The number of carbonyl (C=O) groups is 2. The zero-order valence-electron chi connectivity index (χ0n) is 15.6. The summed E-state index contributed by atoms with van der Waals surface area (Å²) in [6.45, 7) is 1.44. The van der Waals surface area contributed by atoms with Crippen molar-refractivity contribution in [2.75, 3.05) is 5.32 Å². The number of anilines is 1. The van der Waals surface area contributed by atoms with E-state index in [1.807, 2.05) is 18.2 Å². The van der Waals surface area contributed by atoms with E-state index in [9.17, 15) is 14.0 Å². The van der Waals surface area contributed by atoms with Crippen molar-refractivity contribution < 1.29 is 18.7 Å². The molecule has 0 saturated heterocycles. The predicted molar refractivity (Wildman–Crippen MR) is 109 cm³/mol. The number of hydrogen-bond donors (Lipinski definition) is 1. The van der Waals surface area contributed by atoms with Crippen LogP contribution in [0.25, 0.3) is 10.9 Å². The molecule has 0 unspecified atom stereocenters. The van der Waals surface area contributed by atoms with Gasteiger partial charge >= 0.3 is 5.97 Å². The summed E-state index contributed by atoms with van der Waals surface area (Å²) < 4.78 is 19.3. The number of hydrogen-bond acceptors (Lipinski definition) is 4. The maximum Gasteiger partial charge on any atom is 0.339 e. The van der Waals surface area contributed by atoms with Gasteiger partial charge in [-0.2, -0.15) is 0 Å². The van der Waals surface area contributed by atoms with E-state index in [4.69, 9.17) is 16.3 Å². The predicted octanol–water partition coefficient (Wildman–Crippen LogP) is 5.09. The molecule has 5 nitrogen and oxygen atoms in total. The first-order chi connectivity index (χ1) is 13.9. The van der Waals surface area contributed by atoms with E-state index in [1.165, 1.54) is 19.1 Å². The van der Waals surface area contributed by atoms with Gasteiger partial charge in [0.25, 0.3) is 5.91 Å². The number of ether oxygens (including phenoxy) is 1. The first-order valence-corrected chi connectivity index (χ1v) is 9.67. The molecule has 1 saturated carbocycles. The van der Waals surface area contributed by atoms with Crippen molar-refractivity contribution in [2.45, 2.75) is 31.8 Å². The lowest BCUT2D eigenvalue weighted by atomic mass is 10.1. The number of carbonyl (C=O) groups excluding carboxylic acids is 2. The van der Waals surface area contributed by atoms with Crippen LogP contribution in [0, 0.1) is 5.82 Å². The molecule has 29 heavy (non-hydrogen) atoms.